The van der Waals surface area contributed by atoms with E-state index in [1.165, 1.54) is 24.3 Å². The zero-order valence-corrected chi connectivity index (χ0v) is 15.8. The number of fused-ring (bicyclic) bond motifs is 1. The van der Waals surface area contributed by atoms with Crippen LogP contribution in [0.25, 0.3) is 11.0 Å². The smallest absolute Gasteiger partial charge is 0.251 e. The van der Waals surface area contributed by atoms with E-state index in [2.05, 4.69) is 5.32 Å². The van der Waals surface area contributed by atoms with Crippen molar-refractivity contribution in [1.29, 1.82) is 0 Å². The van der Waals surface area contributed by atoms with E-state index in [1.54, 1.807) is 6.07 Å². The molecule has 0 aliphatic heterocycles. The Kier molecular flexibility index (Phi) is 5.02. The lowest BCUT2D eigenvalue weighted by Gasteiger charge is -2.09. The molecule has 1 amide bonds. The molecule has 0 unspecified atom stereocenters. The number of para-hydroxylation sites is 1. The van der Waals surface area contributed by atoms with Crippen LogP contribution in [-0.2, 0) is 6.54 Å². The lowest BCUT2D eigenvalue weighted by molar-refractivity contribution is -0.111. The molecule has 1 aromatic heterocycles. The third kappa shape index (κ3) is 3.77. The van der Waals surface area contributed by atoms with Gasteiger partial charge in [-0.3, -0.25) is 10.2 Å². The maximum atomic E-state index is 14.4. The molecule has 0 bridgehead atoms. The average Bonchev–Trinajstić information content (AvgIpc) is 3.16. The Morgan fingerprint density at radius 3 is 2.57 bits per heavy atom. The molecule has 0 spiro atoms. The average molecular weight is 406 g/mol. The molecule has 0 fully saturated rings. The van der Waals surface area contributed by atoms with Gasteiger partial charge in [0.05, 0.1) is 17.8 Å². The monoisotopic (exact) mass is 406 g/mol. The number of furan rings is 1. The second-order valence-corrected chi connectivity index (χ2v) is 6.78. The predicted molar refractivity (Wildman–Crippen MR) is 110 cm³/mol. The molecule has 0 aliphatic carbocycles. The molecule has 30 heavy (non-hydrogen) atoms. The molecule has 0 radical (unpaired) electrons. The van der Waals surface area contributed by atoms with Crippen molar-refractivity contribution in [3.63, 3.8) is 0 Å². The van der Waals surface area contributed by atoms with Crippen molar-refractivity contribution in [2.45, 2.75) is 6.54 Å². The van der Waals surface area contributed by atoms with Crippen molar-refractivity contribution in [2.24, 2.45) is 0 Å². The molecule has 4 rings (SSSR count). The second-order valence-electron chi connectivity index (χ2n) is 6.78. The number of hydrogen-bond donors (Lipinski definition) is 3. The van der Waals surface area contributed by atoms with Crippen LogP contribution in [0.2, 0.25) is 0 Å². The van der Waals surface area contributed by atoms with Crippen molar-refractivity contribution >= 4 is 28.3 Å². The Morgan fingerprint density at radius 1 is 1.00 bits per heavy atom. The minimum absolute atomic E-state index is 0.0344. The largest absolute Gasteiger partial charge is 0.459 e. The van der Waals surface area contributed by atoms with Gasteiger partial charge in [0.1, 0.15) is 23.0 Å². The van der Waals surface area contributed by atoms with Gasteiger partial charge in [-0.2, -0.15) is 0 Å². The van der Waals surface area contributed by atoms with Gasteiger partial charge in [-0.25, -0.2) is 8.78 Å². The summed E-state index contributed by atoms with van der Waals surface area (Å²) in [7, 11) is 0. The third-order valence-electron chi connectivity index (χ3n) is 4.72. The lowest BCUT2D eigenvalue weighted by Crippen LogP contribution is -2.41. The van der Waals surface area contributed by atoms with E-state index in [4.69, 9.17) is 15.6 Å². The van der Waals surface area contributed by atoms with E-state index >= 15 is 0 Å². The molecule has 5 nitrogen and oxygen atoms in total. The molecule has 3 aromatic carbocycles. The summed E-state index contributed by atoms with van der Waals surface area (Å²) in [5, 5.41) is 9.69. The number of anilines is 1. The molecular formula is C23H18F2N3O2+. The quantitative estimate of drug-likeness (QED) is 0.351. The fourth-order valence-electron chi connectivity index (χ4n) is 3.18. The topological polar surface area (TPSA) is 93.9 Å². The van der Waals surface area contributed by atoms with E-state index < -0.39 is 17.5 Å². The van der Waals surface area contributed by atoms with Crippen LogP contribution in [0.1, 0.15) is 27.2 Å². The maximum absolute atomic E-state index is 14.4. The van der Waals surface area contributed by atoms with E-state index in [1.807, 2.05) is 30.3 Å². The Bertz CT molecular complexity index is 1250. The van der Waals surface area contributed by atoms with Crippen LogP contribution in [-0.4, -0.2) is 11.6 Å². The maximum Gasteiger partial charge on any atom is 0.251 e. The zero-order valence-electron chi connectivity index (χ0n) is 15.8. The van der Waals surface area contributed by atoms with Crippen LogP contribution in [0, 0.1) is 11.6 Å². The summed E-state index contributed by atoms with van der Waals surface area (Å²) in [4.78, 5) is 12.6. The summed E-state index contributed by atoms with van der Waals surface area (Å²) in [5.41, 5.74) is 6.87. The Morgan fingerprint density at radius 2 is 1.80 bits per heavy atom. The van der Waals surface area contributed by atoms with Crippen molar-refractivity contribution < 1.29 is 23.4 Å². The van der Waals surface area contributed by atoms with Crippen molar-refractivity contribution in [2.75, 3.05) is 5.73 Å². The van der Waals surface area contributed by atoms with Crippen molar-refractivity contribution in [1.82, 2.24) is 5.32 Å². The number of nitrogens with two attached hydrogens (primary N) is 2. The first-order valence-electron chi connectivity index (χ1n) is 9.16. The number of hydrogen-bond acceptors (Lipinski definition) is 3. The second kappa shape index (κ2) is 7.79. The first kappa shape index (κ1) is 19.3. The Labute approximate surface area is 170 Å². The standard InChI is InChI=1S/C23H17F2N3O2/c24-16-6-3-5-14(8-16)21(26)18-10-15(11-19(25)22(18)27)23(29)28-12-17-9-13-4-1-2-7-20(13)30-17/h1-11,26H,12,27H2,(H,28,29)/p+1. The van der Waals surface area contributed by atoms with Crippen LogP contribution in [0.3, 0.4) is 0 Å². The number of amides is 1. The first-order chi connectivity index (χ1) is 14.4. The molecule has 7 heteroatoms. The summed E-state index contributed by atoms with van der Waals surface area (Å²) in [6.45, 7) is 0.123. The summed E-state index contributed by atoms with van der Waals surface area (Å²) in [6.07, 6.45) is 0. The molecule has 150 valence electrons. The summed E-state index contributed by atoms with van der Waals surface area (Å²) in [5.74, 6) is -1.25. The number of nitrogen functional groups attached to an aromatic ring is 1. The molecule has 0 atom stereocenters. The fraction of sp³-hybridized carbons (Fsp3) is 0.0435. The minimum Gasteiger partial charge on any atom is -0.459 e. The van der Waals surface area contributed by atoms with Gasteiger partial charge in [0, 0.05) is 16.5 Å². The normalized spacial score (nSPS) is 10.9. The number of carbonyl (C=O) groups excluding carboxylic acids is 1. The van der Waals surface area contributed by atoms with Gasteiger partial charge >= 0.3 is 0 Å². The van der Waals surface area contributed by atoms with Crippen LogP contribution >= 0.6 is 0 Å². The lowest BCUT2D eigenvalue weighted by atomic mass is 9.98. The van der Waals surface area contributed by atoms with E-state index in [0.717, 1.165) is 11.5 Å². The molecule has 4 aromatic rings. The number of benzene rings is 3. The highest BCUT2D eigenvalue weighted by Gasteiger charge is 2.21. The van der Waals surface area contributed by atoms with Gasteiger partial charge in [-0.05, 0) is 42.5 Å². The number of carbonyl (C=O) groups is 1. The van der Waals surface area contributed by atoms with E-state index in [9.17, 15) is 13.6 Å². The van der Waals surface area contributed by atoms with Gasteiger partial charge in [0.2, 0.25) is 5.71 Å². The summed E-state index contributed by atoms with van der Waals surface area (Å²) < 4.78 is 33.6. The summed E-state index contributed by atoms with van der Waals surface area (Å²) in [6, 6.07) is 17.2. The van der Waals surface area contributed by atoms with Gasteiger partial charge < -0.3 is 15.5 Å². The summed E-state index contributed by atoms with van der Waals surface area (Å²) >= 11 is 0. The first-order valence-corrected chi connectivity index (χ1v) is 9.16. The van der Waals surface area contributed by atoms with Crippen LogP contribution in [0.4, 0.5) is 14.5 Å². The Hall–Kier alpha value is -4.00. The predicted octanol–water partition coefficient (Wildman–Crippen LogP) is 2.82. The minimum atomic E-state index is -0.791. The molecule has 0 aliphatic rings. The van der Waals surface area contributed by atoms with Gasteiger partial charge in [0.25, 0.3) is 5.91 Å². The van der Waals surface area contributed by atoms with Gasteiger partial charge in [-0.15, -0.1) is 0 Å². The van der Waals surface area contributed by atoms with Gasteiger partial charge in [-0.1, -0.05) is 24.3 Å². The van der Waals surface area contributed by atoms with Crippen molar-refractivity contribution in [3.05, 3.63) is 101 Å². The highest BCUT2D eigenvalue weighted by molar-refractivity contribution is 6.13. The molecule has 0 saturated carbocycles. The molecular weight excluding hydrogens is 388 g/mol. The Balaban J connectivity index is 1.57. The van der Waals surface area contributed by atoms with E-state index in [0.29, 0.717) is 16.9 Å². The zero-order chi connectivity index (χ0) is 21.3. The molecule has 5 N–H and O–H groups in total. The fourth-order valence-corrected chi connectivity index (χ4v) is 3.18. The number of halogens is 2. The van der Waals surface area contributed by atoms with Gasteiger partial charge in [0.15, 0.2) is 0 Å². The van der Waals surface area contributed by atoms with E-state index in [-0.39, 0.29) is 29.1 Å². The van der Waals surface area contributed by atoms with Crippen molar-refractivity contribution in [3.8, 4) is 0 Å². The van der Waals surface area contributed by atoms with Crippen LogP contribution in [0.15, 0.2) is 71.1 Å². The highest BCUT2D eigenvalue weighted by atomic mass is 19.1. The van der Waals surface area contributed by atoms with Crippen LogP contribution < -0.4 is 16.5 Å². The molecule has 1 heterocycles. The number of nitrogens with one attached hydrogen (secondary N) is 1. The highest BCUT2D eigenvalue weighted by Crippen LogP contribution is 2.22. The third-order valence-corrected chi connectivity index (χ3v) is 4.72. The SMILES string of the molecule is Nc1c(F)cc(C(=O)NCc2cc3ccccc3o2)cc1C(=[NH2+])c1cccc(F)c1. The molecule has 0 saturated heterocycles. The number of rotatable bonds is 5. The van der Waals surface area contributed by atoms with Crippen LogP contribution in [0.5, 0.6) is 0 Å².